The van der Waals surface area contributed by atoms with Crippen LogP contribution >= 0.6 is 11.6 Å². The first-order valence-electron chi connectivity index (χ1n) is 9.55. The fraction of sp³-hybridized carbons (Fsp3) is 0.273. The van der Waals surface area contributed by atoms with Gasteiger partial charge in [-0.1, -0.05) is 17.7 Å². The smallest absolute Gasteiger partial charge is 0.238 e. The molecule has 1 aromatic heterocycles. The van der Waals surface area contributed by atoms with E-state index in [1.165, 1.54) is 0 Å². The van der Waals surface area contributed by atoms with Crippen LogP contribution in [0.2, 0.25) is 5.02 Å². The summed E-state index contributed by atoms with van der Waals surface area (Å²) in [6.07, 6.45) is 3.75. The van der Waals surface area contributed by atoms with Crippen molar-refractivity contribution >= 4 is 23.6 Å². The number of benzene rings is 2. The first-order valence-corrected chi connectivity index (χ1v) is 9.93. The second-order valence-corrected chi connectivity index (χ2v) is 7.41. The second kappa shape index (κ2) is 8.68. The molecule has 2 aromatic carbocycles. The molecule has 1 fully saturated rings. The summed E-state index contributed by atoms with van der Waals surface area (Å²) in [5, 5.41) is 5.16. The van der Waals surface area contributed by atoms with Crippen LogP contribution in [0, 0.1) is 13.8 Å². The van der Waals surface area contributed by atoms with E-state index in [4.69, 9.17) is 21.1 Å². The van der Waals surface area contributed by atoms with Gasteiger partial charge in [-0.3, -0.25) is 0 Å². The van der Waals surface area contributed by atoms with Gasteiger partial charge in [0.05, 0.1) is 30.9 Å². The highest BCUT2D eigenvalue weighted by Gasteiger charge is 2.10. The number of aliphatic imine (C=N–C) groups is 1. The van der Waals surface area contributed by atoms with Gasteiger partial charge in [-0.05, 0) is 55.3 Å². The number of ether oxygens (including phenoxy) is 2. The minimum Gasteiger partial charge on any atom is -0.437 e. The van der Waals surface area contributed by atoms with Gasteiger partial charge >= 0.3 is 0 Å². The Morgan fingerprint density at radius 3 is 2.72 bits per heavy atom. The fourth-order valence-electron chi connectivity index (χ4n) is 3.10. The van der Waals surface area contributed by atoms with Crippen LogP contribution in [-0.4, -0.2) is 47.3 Å². The first-order chi connectivity index (χ1) is 14.1. The minimum absolute atomic E-state index is 0.525. The lowest BCUT2D eigenvalue weighted by molar-refractivity contribution is 0.0701. The molecule has 2 heterocycles. The Bertz CT molecular complexity index is 1030. The van der Waals surface area contributed by atoms with Crippen molar-refractivity contribution in [3.63, 3.8) is 0 Å². The molecule has 4 rings (SSSR count). The lowest BCUT2D eigenvalue weighted by Crippen LogP contribution is -2.35. The Hall–Kier alpha value is -2.83. The van der Waals surface area contributed by atoms with E-state index in [1.54, 1.807) is 4.68 Å². The van der Waals surface area contributed by atoms with Gasteiger partial charge in [-0.15, -0.1) is 5.10 Å². The summed E-state index contributed by atoms with van der Waals surface area (Å²) in [5.74, 6) is 1.29. The molecule has 7 heteroatoms. The van der Waals surface area contributed by atoms with Crippen molar-refractivity contribution in [2.75, 3.05) is 26.3 Å². The zero-order valence-electron chi connectivity index (χ0n) is 16.5. The number of aryl methyl sites for hydroxylation is 2. The van der Waals surface area contributed by atoms with Crippen LogP contribution in [0.25, 0.3) is 5.69 Å². The quantitative estimate of drug-likeness (QED) is 0.442. The maximum Gasteiger partial charge on any atom is 0.238 e. The monoisotopic (exact) mass is 410 g/mol. The van der Waals surface area contributed by atoms with Crippen molar-refractivity contribution in [1.29, 1.82) is 0 Å². The average molecular weight is 411 g/mol. The van der Waals surface area contributed by atoms with Gasteiger partial charge in [0.2, 0.25) is 5.88 Å². The molecule has 0 unspecified atom stereocenters. The summed E-state index contributed by atoms with van der Waals surface area (Å²) in [7, 11) is 0. The van der Waals surface area contributed by atoms with Crippen molar-refractivity contribution in [2.45, 2.75) is 13.8 Å². The molecule has 0 bridgehead atoms. The maximum atomic E-state index is 6.07. The largest absolute Gasteiger partial charge is 0.437 e. The van der Waals surface area contributed by atoms with Crippen molar-refractivity contribution in [3.8, 4) is 17.3 Å². The molecule has 1 aliphatic rings. The van der Waals surface area contributed by atoms with Gasteiger partial charge in [0.1, 0.15) is 5.75 Å². The predicted molar refractivity (Wildman–Crippen MR) is 115 cm³/mol. The zero-order chi connectivity index (χ0) is 20.2. The SMILES string of the molecule is Cc1cc(Oc2ccn(-c3cccc(Cl)c3)n2)c(C)cc1/N=C/N1CCOCC1. The van der Waals surface area contributed by atoms with Gasteiger partial charge < -0.3 is 14.4 Å². The zero-order valence-corrected chi connectivity index (χ0v) is 17.3. The number of halogens is 1. The van der Waals surface area contributed by atoms with E-state index in [-0.39, 0.29) is 0 Å². The molecular weight excluding hydrogens is 388 g/mol. The molecule has 1 aliphatic heterocycles. The Labute approximate surface area is 175 Å². The molecule has 3 aromatic rings. The molecule has 0 saturated carbocycles. The topological polar surface area (TPSA) is 51.9 Å². The van der Waals surface area contributed by atoms with Crippen LogP contribution in [0.3, 0.4) is 0 Å². The Morgan fingerprint density at radius 1 is 1.10 bits per heavy atom. The van der Waals surface area contributed by atoms with E-state index in [0.717, 1.165) is 54.6 Å². The van der Waals surface area contributed by atoms with Crippen LogP contribution in [-0.2, 0) is 4.74 Å². The standard InChI is InChI=1S/C22H23ClN4O2/c1-16-13-21(17(2)12-20(16)24-15-26-8-10-28-11-9-26)29-22-6-7-27(25-22)19-5-3-4-18(23)14-19/h3-7,12-15H,8-11H2,1-2H3/b24-15+. The fourth-order valence-corrected chi connectivity index (χ4v) is 3.28. The normalized spacial score (nSPS) is 14.5. The van der Waals surface area contributed by atoms with Gasteiger partial charge in [0.15, 0.2) is 0 Å². The van der Waals surface area contributed by atoms with Crippen LogP contribution in [0.1, 0.15) is 11.1 Å². The summed E-state index contributed by atoms with van der Waals surface area (Å²) in [4.78, 5) is 6.82. The summed E-state index contributed by atoms with van der Waals surface area (Å²) in [5.41, 5.74) is 3.87. The maximum absolute atomic E-state index is 6.07. The summed E-state index contributed by atoms with van der Waals surface area (Å²) >= 11 is 6.07. The minimum atomic E-state index is 0.525. The van der Waals surface area contributed by atoms with E-state index in [9.17, 15) is 0 Å². The molecule has 150 valence electrons. The Morgan fingerprint density at radius 2 is 1.93 bits per heavy atom. The molecule has 1 saturated heterocycles. The second-order valence-electron chi connectivity index (χ2n) is 6.98. The van der Waals surface area contributed by atoms with Crippen LogP contribution in [0.5, 0.6) is 11.6 Å². The van der Waals surface area contributed by atoms with Crippen LogP contribution < -0.4 is 4.74 Å². The van der Waals surface area contributed by atoms with Gasteiger partial charge in [0.25, 0.3) is 0 Å². The number of rotatable bonds is 5. The highest BCUT2D eigenvalue weighted by atomic mass is 35.5. The summed E-state index contributed by atoms with van der Waals surface area (Å²) in [6.45, 7) is 7.28. The molecule has 0 amide bonds. The van der Waals surface area contributed by atoms with E-state index >= 15 is 0 Å². The molecule has 0 radical (unpaired) electrons. The van der Waals surface area contributed by atoms with Crippen LogP contribution in [0.4, 0.5) is 5.69 Å². The number of nitrogens with zero attached hydrogens (tertiary/aromatic N) is 4. The lowest BCUT2D eigenvalue weighted by atomic mass is 10.1. The van der Waals surface area contributed by atoms with Crippen LogP contribution in [0.15, 0.2) is 53.7 Å². The average Bonchev–Trinajstić information content (AvgIpc) is 3.19. The van der Waals surface area contributed by atoms with E-state index < -0.39 is 0 Å². The molecule has 0 spiro atoms. The van der Waals surface area contributed by atoms with Crippen molar-refractivity contribution in [1.82, 2.24) is 14.7 Å². The molecule has 6 nitrogen and oxygen atoms in total. The van der Waals surface area contributed by atoms with Gasteiger partial charge in [-0.2, -0.15) is 0 Å². The predicted octanol–water partition coefficient (Wildman–Crippen LogP) is 4.93. The molecule has 0 atom stereocenters. The third-order valence-electron chi connectivity index (χ3n) is 4.75. The highest BCUT2D eigenvalue weighted by Crippen LogP contribution is 2.31. The number of morpholine rings is 1. The van der Waals surface area contributed by atoms with Crippen molar-refractivity contribution in [3.05, 3.63) is 64.8 Å². The number of hydrogen-bond acceptors (Lipinski definition) is 4. The van der Waals surface area contributed by atoms with E-state index in [0.29, 0.717) is 10.9 Å². The molecule has 0 N–H and O–H groups in total. The molecular formula is C22H23ClN4O2. The van der Waals surface area contributed by atoms with E-state index in [2.05, 4.69) is 15.0 Å². The Balaban J connectivity index is 1.49. The summed E-state index contributed by atoms with van der Waals surface area (Å²) < 4.78 is 13.1. The Kier molecular flexibility index (Phi) is 5.83. The van der Waals surface area contributed by atoms with Gasteiger partial charge in [-0.25, -0.2) is 9.67 Å². The van der Waals surface area contributed by atoms with Crippen molar-refractivity contribution < 1.29 is 9.47 Å². The molecule has 0 aliphatic carbocycles. The third kappa shape index (κ3) is 4.78. The molecule has 29 heavy (non-hydrogen) atoms. The van der Waals surface area contributed by atoms with Crippen molar-refractivity contribution in [2.24, 2.45) is 4.99 Å². The first kappa shape index (κ1) is 19.5. The highest BCUT2D eigenvalue weighted by molar-refractivity contribution is 6.30. The lowest BCUT2D eigenvalue weighted by Gasteiger charge is -2.24. The third-order valence-corrected chi connectivity index (χ3v) is 4.99. The summed E-state index contributed by atoms with van der Waals surface area (Å²) in [6, 6.07) is 13.4. The number of hydrogen-bond donors (Lipinski definition) is 0. The number of aromatic nitrogens is 2. The van der Waals surface area contributed by atoms with Gasteiger partial charge in [0, 0.05) is 30.4 Å². The van der Waals surface area contributed by atoms with E-state index in [1.807, 2.05) is 68.8 Å².